The smallest absolute Gasteiger partial charge is 0.0477 e. The molecule has 1 saturated heterocycles. The van der Waals surface area contributed by atoms with Crippen molar-refractivity contribution in [3.05, 3.63) is 34.3 Å². The average Bonchev–Trinajstić information content (AvgIpc) is 2.39. The summed E-state index contributed by atoms with van der Waals surface area (Å²) in [5, 5.41) is 3.38. The molecule has 2 rings (SSSR count). The van der Waals surface area contributed by atoms with Gasteiger partial charge in [-0.1, -0.05) is 28.1 Å². The SMILES string of the molecule is CC(C)(C(N)c1cccc(Br)c1)N1CCNCC1. The first-order chi connectivity index (χ1) is 8.51. The summed E-state index contributed by atoms with van der Waals surface area (Å²) < 4.78 is 1.09. The van der Waals surface area contributed by atoms with Crippen LogP contribution in [-0.2, 0) is 0 Å². The number of rotatable bonds is 3. The van der Waals surface area contributed by atoms with E-state index in [1.807, 2.05) is 12.1 Å². The Morgan fingerprint density at radius 1 is 1.33 bits per heavy atom. The summed E-state index contributed by atoms with van der Waals surface area (Å²) in [6, 6.07) is 8.34. The van der Waals surface area contributed by atoms with E-state index in [4.69, 9.17) is 5.73 Å². The number of hydrogen-bond acceptors (Lipinski definition) is 3. The number of hydrogen-bond donors (Lipinski definition) is 2. The molecule has 3 N–H and O–H groups in total. The number of nitrogens with one attached hydrogen (secondary N) is 1. The molecule has 1 aromatic rings. The van der Waals surface area contributed by atoms with E-state index in [1.54, 1.807) is 0 Å². The lowest BCUT2D eigenvalue weighted by molar-refractivity contribution is 0.0800. The first kappa shape index (κ1) is 14.0. The van der Waals surface area contributed by atoms with Crippen LogP contribution in [0.25, 0.3) is 0 Å². The van der Waals surface area contributed by atoms with Gasteiger partial charge in [0.1, 0.15) is 0 Å². The van der Waals surface area contributed by atoms with Gasteiger partial charge < -0.3 is 11.1 Å². The first-order valence-corrected chi connectivity index (χ1v) is 7.28. The minimum atomic E-state index is -0.0249. The van der Waals surface area contributed by atoms with Crippen LogP contribution in [-0.4, -0.2) is 36.6 Å². The topological polar surface area (TPSA) is 41.3 Å². The fourth-order valence-electron chi connectivity index (χ4n) is 2.55. The van der Waals surface area contributed by atoms with Crippen molar-refractivity contribution in [1.29, 1.82) is 0 Å². The highest BCUT2D eigenvalue weighted by Gasteiger charge is 2.34. The summed E-state index contributed by atoms with van der Waals surface area (Å²) in [5.41, 5.74) is 7.65. The monoisotopic (exact) mass is 311 g/mol. The van der Waals surface area contributed by atoms with Gasteiger partial charge in [-0.05, 0) is 31.5 Å². The predicted octanol–water partition coefficient (Wildman–Crippen LogP) is 2.13. The van der Waals surface area contributed by atoms with E-state index in [9.17, 15) is 0 Å². The van der Waals surface area contributed by atoms with Crippen LogP contribution in [0, 0.1) is 0 Å². The number of nitrogens with zero attached hydrogens (tertiary/aromatic N) is 1. The zero-order valence-corrected chi connectivity index (χ0v) is 12.7. The van der Waals surface area contributed by atoms with Gasteiger partial charge in [0.15, 0.2) is 0 Å². The molecular weight excluding hydrogens is 290 g/mol. The van der Waals surface area contributed by atoms with Crippen molar-refractivity contribution in [2.75, 3.05) is 26.2 Å². The van der Waals surface area contributed by atoms with Gasteiger partial charge in [-0.25, -0.2) is 0 Å². The summed E-state index contributed by atoms with van der Waals surface area (Å²) >= 11 is 3.51. The van der Waals surface area contributed by atoms with Gasteiger partial charge in [-0.15, -0.1) is 0 Å². The molecule has 0 bridgehead atoms. The van der Waals surface area contributed by atoms with Gasteiger partial charge in [0.05, 0.1) is 0 Å². The van der Waals surface area contributed by atoms with E-state index in [-0.39, 0.29) is 11.6 Å². The molecule has 100 valence electrons. The quantitative estimate of drug-likeness (QED) is 0.898. The number of nitrogens with two attached hydrogens (primary N) is 1. The lowest BCUT2D eigenvalue weighted by Gasteiger charge is -2.45. The molecule has 1 aromatic carbocycles. The summed E-state index contributed by atoms with van der Waals surface area (Å²) in [5.74, 6) is 0. The van der Waals surface area contributed by atoms with Gasteiger partial charge >= 0.3 is 0 Å². The van der Waals surface area contributed by atoms with E-state index in [2.05, 4.69) is 52.1 Å². The molecular formula is C14H22BrN3. The zero-order valence-electron chi connectivity index (χ0n) is 11.1. The molecule has 0 radical (unpaired) electrons. The van der Waals surface area contributed by atoms with Crippen LogP contribution < -0.4 is 11.1 Å². The number of piperazine rings is 1. The van der Waals surface area contributed by atoms with Crippen molar-refractivity contribution in [2.45, 2.75) is 25.4 Å². The molecule has 0 saturated carbocycles. The molecule has 3 nitrogen and oxygen atoms in total. The normalized spacial score (nSPS) is 19.8. The maximum atomic E-state index is 6.49. The van der Waals surface area contributed by atoms with Crippen molar-refractivity contribution in [3.63, 3.8) is 0 Å². The van der Waals surface area contributed by atoms with E-state index >= 15 is 0 Å². The van der Waals surface area contributed by atoms with Crippen molar-refractivity contribution in [1.82, 2.24) is 10.2 Å². The standard InChI is InChI=1S/C14H22BrN3/c1-14(2,18-8-6-17-7-9-18)13(16)11-4-3-5-12(15)10-11/h3-5,10,13,17H,6-9,16H2,1-2H3. The molecule has 0 spiro atoms. The van der Waals surface area contributed by atoms with Gasteiger partial charge in [-0.3, -0.25) is 4.90 Å². The Balaban J connectivity index is 2.17. The van der Waals surface area contributed by atoms with Crippen LogP contribution in [0.5, 0.6) is 0 Å². The molecule has 0 amide bonds. The number of benzene rings is 1. The minimum absolute atomic E-state index is 0.0214. The van der Waals surface area contributed by atoms with E-state index < -0.39 is 0 Å². The lowest BCUT2D eigenvalue weighted by atomic mass is 9.87. The average molecular weight is 312 g/mol. The van der Waals surface area contributed by atoms with Crippen LogP contribution >= 0.6 is 15.9 Å². The summed E-state index contributed by atoms with van der Waals surface area (Å²) in [6.45, 7) is 8.71. The van der Waals surface area contributed by atoms with Gasteiger partial charge in [0.2, 0.25) is 0 Å². The Bertz CT molecular complexity index is 400. The van der Waals surface area contributed by atoms with Gasteiger partial charge in [0.25, 0.3) is 0 Å². The second-order valence-corrected chi connectivity index (χ2v) is 6.34. The fourth-order valence-corrected chi connectivity index (χ4v) is 2.96. The van der Waals surface area contributed by atoms with Crippen LogP contribution in [0.4, 0.5) is 0 Å². The van der Waals surface area contributed by atoms with Gasteiger partial charge in [0, 0.05) is 42.2 Å². The fraction of sp³-hybridized carbons (Fsp3) is 0.571. The third-order valence-corrected chi connectivity index (χ3v) is 4.39. The second-order valence-electron chi connectivity index (χ2n) is 5.42. The van der Waals surface area contributed by atoms with Crippen LogP contribution in [0.1, 0.15) is 25.5 Å². The van der Waals surface area contributed by atoms with E-state index in [1.165, 1.54) is 5.56 Å². The first-order valence-electron chi connectivity index (χ1n) is 6.48. The summed E-state index contributed by atoms with van der Waals surface area (Å²) in [7, 11) is 0. The summed E-state index contributed by atoms with van der Waals surface area (Å²) in [4.78, 5) is 2.48. The Morgan fingerprint density at radius 3 is 2.61 bits per heavy atom. The minimum Gasteiger partial charge on any atom is -0.322 e. The highest BCUT2D eigenvalue weighted by atomic mass is 79.9. The molecule has 1 heterocycles. The van der Waals surface area contributed by atoms with E-state index in [0.717, 1.165) is 30.7 Å². The highest BCUT2D eigenvalue weighted by Crippen LogP contribution is 2.30. The van der Waals surface area contributed by atoms with Crippen LogP contribution in [0.3, 0.4) is 0 Å². The number of halogens is 1. The Morgan fingerprint density at radius 2 is 2.00 bits per heavy atom. The van der Waals surface area contributed by atoms with E-state index in [0.29, 0.717) is 0 Å². The van der Waals surface area contributed by atoms with Crippen molar-refractivity contribution in [2.24, 2.45) is 5.73 Å². The predicted molar refractivity (Wildman–Crippen MR) is 79.6 cm³/mol. The molecule has 4 heteroatoms. The van der Waals surface area contributed by atoms with Crippen molar-refractivity contribution < 1.29 is 0 Å². The molecule has 18 heavy (non-hydrogen) atoms. The summed E-state index contributed by atoms with van der Waals surface area (Å²) in [6.07, 6.45) is 0. The van der Waals surface area contributed by atoms with Crippen molar-refractivity contribution in [3.8, 4) is 0 Å². The van der Waals surface area contributed by atoms with Gasteiger partial charge in [-0.2, -0.15) is 0 Å². The van der Waals surface area contributed by atoms with Crippen LogP contribution in [0.15, 0.2) is 28.7 Å². The largest absolute Gasteiger partial charge is 0.322 e. The molecule has 1 aliphatic heterocycles. The van der Waals surface area contributed by atoms with Crippen LogP contribution in [0.2, 0.25) is 0 Å². The maximum Gasteiger partial charge on any atom is 0.0477 e. The lowest BCUT2D eigenvalue weighted by Crippen LogP contribution is -2.57. The third-order valence-electron chi connectivity index (χ3n) is 3.90. The molecule has 1 aliphatic rings. The Labute approximate surface area is 118 Å². The highest BCUT2D eigenvalue weighted by molar-refractivity contribution is 9.10. The van der Waals surface area contributed by atoms with Crippen molar-refractivity contribution >= 4 is 15.9 Å². The molecule has 1 fully saturated rings. The molecule has 0 aliphatic carbocycles. The Kier molecular flexibility index (Phi) is 4.43. The third kappa shape index (κ3) is 2.94. The second kappa shape index (κ2) is 5.70. The maximum absolute atomic E-state index is 6.49. The Hall–Kier alpha value is -0.420. The molecule has 1 unspecified atom stereocenters. The molecule has 0 aromatic heterocycles. The molecule has 1 atom stereocenters. The zero-order chi connectivity index (χ0) is 13.2.